The number of halogens is 1. The molecule has 0 atom stereocenters. The first kappa shape index (κ1) is 21.4. The molecule has 1 fully saturated rings. The highest BCUT2D eigenvalue weighted by Crippen LogP contribution is 2.30. The van der Waals surface area contributed by atoms with E-state index in [0.717, 1.165) is 19.3 Å². The van der Waals surface area contributed by atoms with Crippen LogP contribution in [0.3, 0.4) is 0 Å². The van der Waals surface area contributed by atoms with Gasteiger partial charge in [0.05, 0.1) is 22.7 Å². The van der Waals surface area contributed by atoms with Gasteiger partial charge in [-0.1, -0.05) is 30.2 Å². The van der Waals surface area contributed by atoms with Gasteiger partial charge in [0.15, 0.2) is 6.61 Å². The Balaban J connectivity index is 1.75. The van der Waals surface area contributed by atoms with Gasteiger partial charge in [0.1, 0.15) is 11.5 Å². The maximum absolute atomic E-state index is 12.9. The SMILES string of the molecule is COc1ccc(S(=O)(=O)N2CCCCC2)cc1NC(=O)COc1ccccc1Cl. The molecule has 1 aliphatic heterocycles. The van der Waals surface area contributed by atoms with Crippen molar-refractivity contribution in [2.24, 2.45) is 0 Å². The molecule has 2 aromatic carbocycles. The maximum atomic E-state index is 12.9. The Hall–Kier alpha value is -2.29. The molecule has 0 aliphatic carbocycles. The molecule has 156 valence electrons. The van der Waals surface area contributed by atoms with Crippen molar-refractivity contribution in [3.05, 3.63) is 47.5 Å². The monoisotopic (exact) mass is 438 g/mol. The average molecular weight is 439 g/mol. The van der Waals surface area contributed by atoms with Gasteiger partial charge in [-0.25, -0.2) is 8.42 Å². The molecule has 0 radical (unpaired) electrons. The predicted octanol–water partition coefficient (Wildman–Crippen LogP) is 3.54. The molecule has 0 spiro atoms. The second-order valence-corrected chi connectivity index (χ2v) is 8.94. The highest BCUT2D eigenvalue weighted by Gasteiger charge is 2.27. The Morgan fingerprint density at radius 2 is 1.83 bits per heavy atom. The normalized spacial score (nSPS) is 15.0. The average Bonchev–Trinajstić information content (AvgIpc) is 2.73. The third-order valence-corrected chi connectivity index (χ3v) is 6.80. The van der Waals surface area contributed by atoms with Crippen LogP contribution >= 0.6 is 11.6 Å². The lowest BCUT2D eigenvalue weighted by Gasteiger charge is -2.26. The molecular weight excluding hydrogens is 416 g/mol. The molecule has 7 nitrogen and oxygen atoms in total. The molecule has 0 aromatic heterocycles. The Bertz CT molecular complexity index is 975. The van der Waals surface area contributed by atoms with Crippen molar-refractivity contribution >= 4 is 33.2 Å². The van der Waals surface area contributed by atoms with Gasteiger partial charge in [-0.3, -0.25) is 4.79 Å². The zero-order chi connectivity index (χ0) is 20.9. The van der Waals surface area contributed by atoms with E-state index in [-0.39, 0.29) is 17.2 Å². The maximum Gasteiger partial charge on any atom is 0.262 e. The number of methoxy groups -OCH3 is 1. The Morgan fingerprint density at radius 3 is 2.52 bits per heavy atom. The highest BCUT2D eigenvalue weighted by molar-refractivity contribution is 7.89. The van der Waals surface area contributed by atoms with E-state index in [1.807, 2.05) is 0 Å². The molecule has 0 saturated carbocycles. The van der Waals surface area contributed by atoms with Crippen molar-refractivity contribution in [3.8, 4) is 11.5 Å². The van der Waals surface area contributed by atoms with E-state index in [9.17, 15) is 13.2 Å². The number of ether oxygens (including phenoxy) is 2. The van der Waals surface area contributed by atoms with Crippen LogP contribution in [0.4, 0.5) is 5.69 Å². The van der Waals surface area contributed by atoms with E-state index in [1.54, 1.807) is 24.3 Å². The number of carbonyl (C=O) groups excluding carboxylic acids is 1. The van der Waals surface area contributed by atoms with Crippen LogP contribution in [-0.4, -0.2) is 45.4 Å². The third kappa shape index (κ3) is 5.20. The number of amides is 1. The number of nitrogens with one attached hydrogen (secondary N) is 1. The summed E-state index contributed by atoms with van der Waals surface area (Å²) in [6.07, 6.45) is 2.72. The molecule has 1 heterocycles. The smallest absolute Gasteiger partial charge is 0.262 e. The van der Waals surface area contributed by atoms with E-state index >= 15 is 0 Å². The van der Waals surface area contributed by atoms with Crippen molar-refractivity contribution in [3.63, 3.8) is 0 Å². The molecule has 2 aromatic rings. The van der Waals surface area contributed by atoms with E-state index < -0.39 is 15.9 Å². The minimum Gasteiger partial charge on any atom is -0.495 e. The number of benzene rings is 2. The summed E-state index contributed by atoms with van der Waals surface area (Å²) in [7, 11) is -2.18. The number of sulfonamides is 1. The summed E-state index contributed by atoms with van der Waals surface area (Å²) in [5, 5.41) is 3.05. The number of nitrogens with zero attached hydrogens (tertiary/aromatic N) is 1. The number of anilines is 1. The molecule has 9 heteroatoms. The second kappa shape index (κ2) is 9.47. The first-order valence-electron chi connectivity index (χ1n) is 9.27. The molecule has 3 rings (SSSR count). The van der Waals surface area contributed by atoms with E-state index in [0.29, 0.717) is 29.6 Å². The lowest BCUT2D eigenvalue weighted by atomic mass is 10.2. The lowest BCUT2D eigenvalue weighted by molar-refractivity contribution is -0.118. The first-order chi connectivity index (χ1) is 13.9. The summed E-state index contributed by atoms with van der Waals surface area (Å²) in [5.41, 5.74) is 0.262. The Morgan fingerprint density at radius 1 is 1.10 bits per heavy atom. The predicted molar refractivity (Wildman–Crippen MR) is 111 cm³/mol. The lowest BCUT2D eigenvalue weighted by Crippen LogP contribution is -2.35. The molecule has 0 unspecified atom stereocenters. The minimum atomic E-state index is -3.63. The molecule has 1 amide bonds. The molecule has 1 saturated heterocycles. The Labute approximate surface area is 175 Å². The summed E-state index contributed by atoms with van der Waals surface area (Å²) < 4.78 is 38.0. The summed E-state index contributed by atoms with van der Waals surface area (Å²) in [6.45, 7) is 0.722. The van der Waals surface area contributed by atoms with Gasteiger partial charge >= 0.3 is 0 Å². The second-order valence-electron chi connectivity index (χ2n) is 6.59. The topological polar surface area (TPSA) is 84.9 Å². The molecule has 29 heavy (non-hydrogen) atoms. The first-order valence-corrected chi connectivity index (χ1v) is 11.1. The fourth-order valence-electron chi connectivity index (χ4n) is 3.09. The van der Waals surface area contributed by atoms with Crippen LogP contribution in [-0.2, 0) is 14.8 Å². The van der Waals surface area contributed by atoms with Gasteiger partial charge in [0.2, 0.25) is 10.0 Å². The molecule has 1 N–H and O–H groups in total. The van der Waals surface area contributed by atoms with Crippen LogP contribution in [0.2, 0.25) is 5.02 Å². The summed E-state index contributed by atoms with van der Waals surface area (Å²) in [5.74, 6) is 0.280. The molecule has 0 bridgehead atoms. The summed E-state index contributed by atoms with van der Waals surface area (Å²) >= 11 is 6.01. The van der Waals surface area contributed by atoms with Crippen molar-refractivity contribution in [2.75, 3.05) is 32.1 Å². The molecule has 1 aliphatic rings. The van der Waals surface area contributed by atoms with Crippen LogP contribution in [0.25, 0.3) is 0 Å². The number of para-hydroxylation sites is 1. The van der Waals surface area contributed by atoms with Crippen LogP contribution in [0.1, 0.15) is 19.3 Å². The van der Waals surface area contributed by atoms with Gasteiger partial charge in [-0.15, -0.1) is 0 Å². The largest absolute Gasteiger partial charge is 0.495 e. The van der Waals surface area contributed by atoms with Gasteiger partial charge in [-0.05, 0) is 43.2 Å². The van der Waals surface area contributed by atoms with Crippen LogP contribution in [0.5, 0.6) is 11.5 Å². The number of hydrogen-bond donors (Lipinski definition) is 1. The molecular formula is C20H23ClN2O5S. The Kier molecular flexibility index (Phi) is 7.00. The van der Waals surface area contributed by atoms with Crippen LogP contribution < -0.4 is 14.8 Å². The van der Waals surface area contributed by atoms with Gasteiger partial charge in [0.25, 0.3) is 5.91 Å². The number of hydrogen-bond acceptors (Lipinski definition) is 5. The number of carbonyl (C=O) groups is 1. The quantitative estimate of drug-likeness (QED) is 0.714. The third-order valence-electron chi connectivity index (χ3n) is 4.59. The van der Waals surface area contributed by atoms with Crippen LogP contribution in [0, 0.1) is 0 Å². The van der Waals surface area contributed by atoms with Crippen LogP contribution in [0.15, 0.2) is 47.4 Å². The standard InChI is InChI=1S/C20H23ClN2O5S/c1-27-19-10-9-15(29(25,26)23-11-5-2-6-12-23)13-17(19)22-20(24)14-28-18-8-4-3-7-16(18)21/h3-4,7-10,13H,2,5-6,11-12,14H2,1H3,(H,22,24). The fraction of sp³-hybridized carbons (Fsp3) is 0.350. The van der Waals surface area contributed by atoms with Gasteiger partial charge < -0.3 is 14.8 Å². The van der Waals surface area contributed by atoms with E-state index in [1.165, 1.54) is 29.6 Å². The van der Waals surface area contributed by atoms with Gasteiger partial charge in [-0.2, -0.15) is 4.31 Å². The number of rotatable bonds is 7. The van der Waals surface area contributed by atoms with E-state index in [4.69, 9.17) is 21.1 Å². The number of piperidine rings is 1. The van der Waals surface area contributed by atoms with Gasteiger partial charge in [0, 0.05) is 13.1 Å². The summed E-state index contributed by atoms with van der Waals surface area (Å²) in [6, 6.07) is 11.2. The highest BCUT2D eigenvalue weighted by atomic mass is 35.5. The zero-order valence-corrected chi connectivity index (χ0v) is 17.6. The summed E-state index contributed by atoms with van der Waals surface area (Å²) in [4.78, 5) is 12.4. The van der Waals surface area contributed by atoms with Crippen molar-refractivity contribution < 1.29 is 22.7 Å². The van der Waals surface area contributed by atoms with Crippen molar-refractivity contribution in [2.45, 2.75) is 24.2 Å². The fourth-order valence-corrected chi connectivity index (χ4v) is 4.83. The minimum absolute atomic E-state index is 0.113. The van der Waals surface area contributed by atoms with Crippen molar-refractivity contribution in [1.29, 1.82) is 0 Å². The van der Waals surface area contributed by atoms with Crippen molar-refractivity contribution in [1.82, 2.24) is 4.31 Å². The zero-order valence-electron chi connectivity index (χ0n) is 16.1. The van der Waals surface area contributed by atoms with E-state index in [2.05, 4.69) is 5.32 Å².